The maximum atomic E-state index is 11.7. The van der Waals surface area contributed by atoms with Crippen LogP contribution in [0.1, 0.15) is 24.3 Å². The largest absolute Gasteiger partial charge is 0.371 e. The first-order chi connectivity index (χ1) is 8.65. The zero-order chi connectivity index (χ0) is 14.0. The van der Waals surface area contributed by atoms with Gasteiger partial charge >= 0.3 is 0 Å². The van der Waals surface area contributed by atoms with Crippen LogP contribution in [-0.4, -0.2) is 55.0 Å². The van der Waals surface area contributed by atoms with Crippen molar-refractivity contribution < 1.29 is 4.79 Å². The van der Waals surface area contributed by atoms with Crippen molar-refractivity contribution in [2.45, 2.75) is 13.8 Å². The van der Waals surface area contributed by atoms with Gasteiger partial charge in [-0.1, -0.05) is 13.8 Å². The van der Waals surface area contributed by atoms with Crippen LogP contribution in [0.2, 0.25) is 0 Å². The Morgan fingerprint density at radius 2 is 1.89 bits per heavy atom. The lowest BCUT2D eigenvalue weighted by atomic mass is 10.3. The molecule has 0 bridgehead atoms. The number of nitrogens with zero attached hydrogens (tertiary/aromatic N) is 3. The third-order valence-corrected chi connectivity index (χ3v) is 1.99. The molecule has 0 spiro atoms. The Kier molecular flexibility index (Phi) is 8.47. The molecule has 18 heavy (non-hydrogen) atoms. The quantitative estimate of drug-likeness (QED) is 0.813. The van der Waals surface area contributed by atoms with E-state index in [0.29, 0.717) is 18.1 Å². The highest BCUT2D eigenvalue weighted by Gasteiger charge is 2.12. The molecule has 0 fully saturated rings. The van der Waals surface area contributed by atoms with Gasteiger partial charge in [-0.25, -0.2) is 9.97 Å². The van der Waals surface area contributed by atoms with Crippen LogP contribution < -0.4 is 10.6 Å². The predicted molar refractivity (Wildman–Crippen MR) is 73.8 cm³/mol. The molecule has 0 radical (unpaired) electrons. The van der Waals surface area contributed by atoms with E-state index in [2.05, 4.69) is 20.6 Å². The van der Waals surface area contributed by atoms with Crippen LogP contribution in [0.25, 0.3) is 0 Å². The zero-order valence-electron chi connectivity index (χ0n) is 11.8. The Morgan fingerprint density at radius 1 is 1.28 bits per heavy atom. The van der Waals surface area contributed by atoms with E-state index < -0.39 is 0 Å². The highest BCUT2D eigenvalue weighted by atomic mass is 16.1. The highest BCUT2D eigenvalue weighted by molar-refractivity contribution is 5.96. The first kappa shape index (κ1) is 16.3. The van der Waals surface area contributed by atoms with Crippen molar-refractivity contribution in [3.05, 3.63) is 18.1 Å². The molecule has 0 aliphatic rings. The third-order valence-electron chi connectivity index (χ3n) is 1.99. The standard InChI is InChI=1S/C10H17N5O.C2H6/c1-11-9-8(12-4-5-13-9)10(16)14-6-7-15(2)3;1-2/h4-5H,6-7H2,1-3H3,(H,11,13)(H,14,16);1-2H3. The molecule has 6 nitrogen and oxygen atoms in total. The van der Waals surface area contributed by atoms with Crippen LogP contribution >= 0.6 is 0 Å². The summed E-state index contributed by atoms with van der Waals surface area (Å²) in [4.78, 5) is 21.7. The van der Waals surface area contributed by atoms with Crippen molar-refractivity contribution in [1.29, 1.82) is 0 Å². The second kappa shape index (κ2) is 9.35. The van der Waals surface area contributed by atoms with E-state index in [0.717, 1.165) is 6.54 Å². The van der Waals surface area contributed by atoms with Gasteiger partial charge in [0.05, 0.1) is 0 Å². The fourth-order valence-corrected chi connectivity index (χ4v) is 1.16. The first-order valence-electron chi connectivity index (χ1n) is 6.07. The van der Waals surface area contributed by atoms with Gasteiger partial charge in [-0.3, -0.25) is 4.79 Å². The highest BCUT2D eigenvalue weighted by Crippen LogP contribution is 2.05. The number of nitrogens with one attached hydrogen (secondary N) is 2. The molecule has 1 rings (SSSR count). The van der Waals surface area contributed by atoms with Crippen LogP contribution in [0, 0.1) is 0 Å². The van der Waals surface area contributed by atoms with Gasteiger partial charge in [-0.05, 0) is 14.1 Å². The lowest BCUT2D eigenvalue weighted by molar-refractivity contribution is 0.0946. The van der Waals surface area contributed by atoms with E-state index in [4.69, 9.17) is 0 Å². The lowest BCUT2D eigenvalue weighted by Gasteiger charge is -2.11. The maximum Gasteiger partial charge on any atom is 0.273 e. The normalized spacial score (nSPS) is 9.44. The lowest BCUT2D eigenvalue weighted by Crippen LogP contribution is -2.32. The van der Waals surface area contributed by atoms with Crippen molar-refractivity contribution in [2.24, 2.45) is 0 Å². The Labute approximate surface area is 109 Å². The molecule has 1 aromatic rings. The average Bonchev–Trinajstić information content (AvgIpc) is 2.40. The van der Waals surface area contributed by atoms with Crippen LogP contribution in [0.3, 0.4) is 0 Å². The van der Waals surface area contributed by atoms with E-state index in [1.807, 2.05) is 32.8 Å². The average molecular weight is 253 g/mol. The monoisotopic (exact) mass is 253 g/mol. The number of carbonyl (C=O) groups is 1. The van der Waals surface area contributed by atoms with Crippen molar-refractivity contribution in [2.75, 3.05) is 39.5 Å². The Bertz CT molecular complexity index is 354. The molecule has 2 N–H and O–H groups in total. The Morgan fingerprint density at radius 3 is 2.44 bits per heavy atom. The number of hydrogen-bond donors (Lipinski definition) is 2. The van der Waals surface area contributed by atoms with Crippen molar-refractivity contribution >= 4 is 11.7 Å². The van der Waals surface area contributed by atoms with Crippen LogP contribution in [0.5, 0.6) is 0 Å². The molecule has 1 aromatic heterocycles. The number of carbonyl (C=O) groups excluding carboxylic acids is 1. The van der Waals surface area contributed by atoms with Crippen LogP contribution in [-0.2, 0) is 0 Å². The van der Waals surface area contributed by atoms with Crippen molar-refractivity contribution in [3.8, 4) is 0 Å². The number of rotatable bonds is 5. The second-order valence-electron chi connectivity index (χ2n) is 3.56. The zero-order valence-corrected chi connectivity index (χ0v) is 11.8. The van der Waals surface area contributed by atoms with Crippen LogP contribution in [0.15, 0.2) is 12.4 Å². The minimum Gasteiger partial charge on any atom is -0.371 e. The summed E-state index contributed by atoms with van der Waals surface area (Å²) in [5.41, 5.74) is 0.323. The molecule has 0 atom stereocenters. The Hall–Kier alpha value is -1.69. The minimum atomic E-state index is -0.209. The fraction of sp³-hybridized carbons (Fsp3) is 0.583. The summed E-state index contributed by atoms with van der Waals surface area (Å²) in [6.07, 6.45) is 3.05. The predicted octanol–water partition coefficient (Wildman–Crippen LogP) is 0.836. The van der Waals surface area contributed by atoms with Gasteiger partial charge in [-0.2, -0.15) is 0 Å². The maximum absolute atomic E-state index is 11.7. The van der Waals surface area contributed by atoms with E-state index in [9.17, 15) is 4.79 Å². The van der Waals surface area contributed by atoms with Gasteiger partial charge < -0.3 is 15.5 Å². The summed E-state index contributed by atoms with van der Waals surface area (Å²) in [5.74, 6) is 0.282. The fourth-order valence-electron chi connectivity index (χ4n) is 1.16. The molecule has 102 valence electrons. The molecule has 0 saturated heterocycles. The van der Waals surface area contributed by atoms with Gasteiger partial charge in [0.1, 0.15) is 0 Å². The molecule has 0 saturated carbocycles. The molecule has 0 aliphatic heterocycles. The number of aromatic nitrogens is 2. The van der Waals surface area contributed by atoms with Crippen molar-refractivity contribution in [1.82, 2.24) is 20.2 Å². The summed E-state index contributed by atoms with van der Waals surface area (Å²) in [7, 11) is 5.61. The molecule has 0 aliphatic carbocycles. The van der Waals surface area contributed by atoms with Crippen molar-refractivity contribution in [3.63, 3.8) is 0 Å². The van der Waals surface area contributed by atoms with Gasteiger partial charge in [0.15, 0.2) is 11.5 Å². The first-order valence-corrected chi connectivity index (χ1v) is 6.07. The van der Waals surface area contributed by atoms with Gasteiger partial charge in [-0.15, -0.1) is 0 Å². The molecule has 1 amide bonds. The molecule has 6 heteroatoms. The summed E-state index contributed by atoms with van der Waals surface area (Å²) in [6.45, 7) is 5.38. The number of amides is 1. The van der Waals surface area contributed by atoms with E-state index in [1.165, 1.54) is 6.20 Å². The van der Waals surface area contributed by atoms with E-state index in [-0.39, 0.29) is 5.91 Å². The summed E-state index contributed by atoms with van der Waals surface area (Å²) in [6, 6.07) is 0. The molecule has 0 aromatic carbocycles. The second-order valence-corrected chi connectivity index (χ2v) is 3.56. The molecule has 1 heterocycles. The smallest absolute Gasteiger partial charge is 0.273 e. The molecular weight excluding hydrogens is 230 g/mol. The van der Waals surface area contributed by atoms with E-state index in [1.54, 1.807) is 13.2 Å². The summed E-state index contributed by atoms with van der Waals surface area (Å²) in [5, 5.41) is 5.61. The van der Waals surface area contributed by atoms with Gasteiger partial charge in [0, 0.05) is 32.5 Å². The number of anilines is 1. The number of likely N-dealkylation sites (N-methyl/N-ethyl adjacent to an activating group) is 1. The molecule has 0 unspecified atom stereocenters. The number of hydrogen-bond acceptors (Lipinski definition) is 5. The van der Waals surface area contributed by atoms with Crippen LogP contribution in [0.4, 0.5) is 5.82 Å². The summed E-state index contributed by atoms with van der Waals surface area (Å²) < 4.78 is 0. The topological polar surface area (TPSA) is 70.1 Å². The van der Waals surface area contributed by atoms with Gasteiger partial charge in [0.25, 0.3) is 5.91 Å². The summed E-state index contributed by atoms with van der Waals surface area (Å²) >= 11 is 0. The van der Waals surface area contributed by atoms with E-state index >= 15 is 0 Å². The Balaban J connectivity index is 0.00000137. The van der Waals surface area contributed by atoms with Gasteiger partial charge in [0.2, 0.25) is 0 Å². The SMILES string of the molecule is CC.CNc1nccnc1C(=O)NCCN(C)C. The molecular formula is C12H23N5O. The third kappa shape index (κ3) is 5.58. The minimum absolute atomic E-state index is 0.209.